The lowest BCUT2D eigenvalue weighted by Gasteiger charge is -2.18. The Morgan fingerprint density at radius 2 is 1.17 bits per heavy atom. The van der Waals surface area contributed by atoms with Gasteiger partial charge in [-0.05, 0) is 107 Å². The average molecular weight is 1160 g/mol. The molecule has 0 aromatic carbocycles. The Hall–Kier alpha value is -3.44. The van der Waals surface area contributed by atoms with E-state index in [9.17, 15) is 44.7 Å². The quantitative estimate of drug-likeness (QED) is 0.0238. The van der Waals surface area contributed by atoms with Gasteiger partial charge in [-0.15, -0.1) is 0 Å². The number of nitrogens with zero attached hydrogens (tertiary/aromatic N) is 5. The molecule has 0 aliphatic rings. The molecule has 3 aromatic heterocycles. The van der Waals surface area contributed by atoms with Crippen LogP contribution in [0.4, 0.5) is 16.8 Å². The van der Waals surface area contributed by atoms with Crippen molar-refractivity contribution in [2.24, 2.45) is 12.5 Å². The molecule has 0 aliphatic carbocycles. The smallest absolute Gasteiger partial charge is 0.403 e. The SMILES string of the molecule is CC(=O)C(C)(C)C(=O)SCCOC(C)C.CC(=O)SCCOC(C)C.CC(C)OCCSSC(C)(C)C.CC(C)OCc1ccc([N+](=O)[O-])o1.CC(C)OCc1cnc([N+](=O)[O-])n1C.COCc1ccc([N+](=O)[O-])s1. The van der Waals surface area contributed by atoms with Gasteiger partial charge in [-0.25, -0.2) is 4.57 Å². The Labute approximate surface area is 465 Å². The number of carbonyl (C=O) groups is 3. The number of methoxy groups -OCH3 is 1. The minimum Gasteiger partial charge on any atom is -0.403 e. The van der Waals surface area contributed by atoms with E-state index in [0.717, 1.165) is 34.3 Å². The predicted molar refractivity (Wildman–Crippen MR) is 305 cm³/mol. The van der Waals surface area contributed by atoms with E-state index in [1.807, 2.05) is 77.0 Å². The molecule has 432 valence electrons. The lowest BCUT2D eigenvalue weighted by atomic mass is 9.91. The van der Waals surface area contributed by atoms with E-state index in [4.69, 9.17) is 32.8 Å². The summed E-state index contributed by atoms with van der Waals surface area (Å²) in [5.41, 5.74) is -0.173. The van der Waals surface area contributed by atoms with E-state index < -0.39 is 20.2 Å². The summed E-state index contributed by atoms with van der Waals surface area (Å²) in [5, 5.41) is 31.1. The molecule has 0 saturated heterocycles. The molecule has 0 saturated carbocycles. The third-order valence-electron chi connectivity index (χ3n) is 8.21. The number of hydrogen-bond donors (Lipinski definition) is 0. The lowest BCUT2D eigenvalue weighted by Crippen LogP contribution is -2.29. The van der Waals surface area contributed by atoms with Crippen LogP contribution < -0.4 is 0 Å². The molecule has 0 amide bonds. The van der Waals surface area contributed by atoms with Gasteiger partial charge < -0.3 is 43.0 Å². The largest absolute Gasteiger partial charge is 0.434 e. The molecule has 0 fully saturated rings. The summed E-state index contributed by atoms with van der Waals surface area (Å²) in [6, 6.07) is 6.05. The van der Waals surface area contributed by atoms with Gasteiger partial charge >= 0.3 is 16.8 Å². The molecule has 3 heterocycles. The number of thiophene rings is 1. The van der Waals surface area contributed by atoms with Crippen LogP contribution in [0.5, 0.6) is 0 Å². The van der Waals surface area contributed by atoms with Crippen LogP contribution >= 0.6 is 56.4 Å². The van der Waals surface area contributed by atoms with Gasteiger partial charge in [0, 0.05) is 47.0 Å². The molecule has 3 rings (SSSR count). The van der Waals surface area contributed by atoms with Gasteiger partial charge in [-0.2, -0.15) is 0 Å². The molecule has 0 N–H and O–H groups in total. The van der Waals surface area contributed by atoms with Crippen LogP contribution in [0, 0.1) is 35.8 Å². The third-order valence-corrected chi connectivity index (χ3v) is 14.4. The maximum atomic E-state index is 11.6. The standard InChI is InChI=1S/C11H20O3S.C9H20OS2.C8H13N3O3.C8H11NO4.C7H14O2S.C6H7NO3S/c1-8(2)14-6-7-15-10(13)11(4,5)9(3)12;1-8(2)10-6-7-11-12-9(3,4)5;1-6(2)14-5-7-4-9-8(10(7)3)11(12)13;1-6(2)12-5-7-3-4-8(13-7)9(10)11;1-6(2)9-4-5-10-7(3)8;1-10-4-5-2-3-6(11-5)7(8)9/h8H,6-7H2,1-5H3;8H,6-7H2,1-5H3;4,6H,5H2,1-3H3;3-4,6H,5H2,1-2H3;6H,4-5H2,1-3H3;2-3H,4H2,1H3. The number of nitro groups is 3. The summed E-state index contributed by atoms with van der Waals surface area (Å²) in [7, 11) is 6.98. The van der Waals surface area contributed by atoms with Crippen LogP contribution in [0.15, 0.2) is 34.9 Å². The summed E-state index contributed by atoms with van der Waals surface area (Å²) < 4.78 is 37.9. The second kappa shape index (κ2) is 42.6. The first kappa shape index (κ1) is 75.8. The second-order valence-corrected chi connectivity index (χ2v) is 25.2. The highest BCUT2D eigenvalue weighted by Gasteiger charge is 2.32. The van der Waals surface area contributed by atoms with Gasteiger partial charge in [0.05, 0.1) is 80.4 Å². The first-order chi connectivity index (χ1) is 34.7. The summed E-state index contributed by atoms with van der Waals surface area (Å²) in [6.45, 7) is 35.8. The topological polar surface area (TPSA) is 267 Å². The zero-order chi connectivity index (χ0) is 58.5. The molecule has 21 nitrogen and oxygen atoms in total. The monoisotopic (exact) mass is 1160 g/mol. The van der Waals surface area contributed by atoms with Crippen molar-refractivity contribution >= 4 is 89.3 Å². The van der Waals surface area contributed by atoms with Crippen molar-refractivity contribution in [3.05, 3.63) is 77.1 Å². The normalized spacial score (nSPS) is 11.1. The Morgan fingerprint density at radius 3 is 1.56 bits per heavy atom. The fourth-order valence-corrected chi connectivity index (χ4v) is 8.46. The minimum atomic E-state index is -0.873. The summed E-state index contributed by atoms with van der Waals surface area (Å²) >= 11 is 3.62. The predicted octanol–water partition coefficient (Wildman–Crippen LogP) is 12.7. The van der Waals surface area contributed by atoms with E-state index in [0.29, 0.717) is 54.5 Å². The fraction of sp³-hybridized carbons (Fsp3) is 0.714. The van der Waals surface area contributed by atoms with Gasteiger partial charge in [0.1, 0.15) is 41.6 Å². The van der Waals surface area contributed by atoms with Crippen molar-refractivity contribution in [3.63, 3.8) is 0 Å². The zero-order valence-corrected chi connectivity index (χ0v) is 51.5. The molecular formula is C49H85N5O16S5. The van der Waals surface area contributed by atoms with E-state index in [1.165, 1.54) is 53.3 Å². The van der Waals surface area contributed by atoms with Crippen LogP contribution in [0.2, 0.25) is 0 Å². The number of thioether (sulfide) groups is 2. The molecule has 0 bridgehead atoms. The molecule has 3 aromatic rings. The van der Waals surface area contributed by atoms with Gasteiger partial charge in [0.25, 0.3) is 0 Å². The maximum Gasteiger partial charge on any atom is 0.434 e. The van der Waals surface area contributed by atoms with Crippen LogP contribution in [-0.4, -0.2) is 120 Å². The van der Waals surface area contributed by atoms with Crippen molar-refractivity contribution in [2.75, 3.05) is 44.2 Å². The number of carbonyl (C=O) groups excluding carboxylic acids is 3. The van der Waals surface area contributed by atoms with Crippen molar-refractivity contribution in [1.82, 2.24) is 9.55 Å². The maximum absolute atomic E-state index is 11.6. The number of ketones is 1. The van der Waals surface area contributed by atoms with E-state index in [1.54, 1.807) is 47.1 Å². The second-order valence-electron chi connectivity index (χ2n) is 18.4. The van der Waals surface area contributed by atoms with E-state index in [-0.39, 0.29) is 63.9 Å². The minimum absolute atomic E-state index is 0.0812. The highest BCUT2D eigenvalue weighted by molar-refractivity contribution is 8.77. The number of aromatic nitrogens is 2. The van der Waals surface area contributed by atoms with E-state index >= 15 is 0 Å². The Balaban J connectivity index is -0.000000833. The van der Waals surface area contributed by atoms with Gasteiger partial charge in [0.15, 0.2) is 5.12 Å². The van der Waals surface area contributed by atoms with Crippen molar-refractivity contribution in [3.8, 4) is 0 Å². The van der Waals surface area contributed by atoms with Crippen LogP contribution in [0.1, 0.15) is 134 Å². The first-order valence-electron chi connectivity index (χ1n) is 24.0. The van der Waals surface area contributed by atoms with Crippen LogP contribution in [0.25, 0.3) is 0 Å². The molecule has 0 unspecified atom stereocenters. The molecule has 26 heteroatoms. The zero-order valence-electron chi connectivity index (χ0n) is 47.4. The van der Waals surface area contributed by atoms with Crippen molar-refractivity contribution < 1.29 is 62.0 Å². The molecule has 75 heavy (non-hydrogen) atoms. The number of hydrogen-bond acceptors (Lipinski definition) is 22. The molecule has 0 aliphatic heterocycles. The summed E-state index contributed by atoms with van der Waals surface area (Å²) in [5.74, 6) is 2.43. The number of ether oxygens (including phenoxy) is 6. The molecular weight excluding hydrogens is 1070 g/mol. The third kappa shape index (κ3) is 43.3. The number of imidazole rings is 1. The van der Waals surface area contributed by atoms with Crippen molar-refractivity contribution in [1.29, 1.82) is 0 Å². The highest BCUT2D eigenvalue weighted by Crippen LogP contribution is 2.34. The Kier molecular flexibility index (Phi) is 43.0. The number of furan rings is 1. The summed E-state index contributed by atoms with van der Waals surface area (Å²) in [6.07, 6.45) is 2.47. The molecule has 0 spiro atoms. The Morgan fingerprint density at radius 1 is 0.680 bits per heavy atom. The van der Waals surface area contributed by atoms with Crippen LogP contribution in [-0.2, 0) is 69.7 Å². The molecule has 0 atom stereocenters. The Bertz CT molecular complexity index is 2050. The summed E-state index contributed by atoms with van der Waals surface area (Å²) in [4.78, 5) is 67.2. The van der Waals surface area contributed by atoms with E-state index in [2.05, 4.69) is 39.6 Å². The van der Waals surface area contributed by atoms with Gasteiger partial charge in [-0.3, -0.25) is 34.6 Å². The van der Waals surface area contributed by atoms with Crippen LogP contribution in [0.3, 0.4) is 0 Å². The number of Topliss-reactive ketones (excluding diaryl/α,β-unsaturated/α-hetero) is 1. The number of rotatable bonds is 26. The van der Waals surface area contributed by atoms with Gasteiger partial charge in [-0.1, -0.05) is 82.2 Å². The first-order valence-corrected chi connectivity index (χ1v) is 29.1. The molecule has 0 radical (unpaired) electrons. The lowest BCUT2D eigenvalue weighted by molar-refractivity contribution is -0.402. The highest BCUT2D eigenvalue weighted by atomic mass is 33.1. The van der Waals surface area contributed by atoms with Gasteiger partial charge in [0.2, 0.25) is 5.12 Å². The average Bonchev–Trinajstić information content (AvgIpc) is 4.06. The fourth-order valence-electron chi connectivity index (χ4n) is 4.21. The van der Waals surface area contributed by atoms with Crippen molar-refractivity contribution in [2.45, 2.75) is 173 Å².